The number of nitrogens with one attached hydrogen (secondary N) is 1. The van der Waals surface area contributed by atoms with Gasteiger partial charge in [0.25, 0.3) is 0 Å². The van der Waals surface area contributed by atoms with Gasteiger partial charge in [-0.15, -0.1) is 0 Å². The fraction of sp³-hybridized carbons (Fsp3) is 0.273. The highest BCUT2D eigenvalue weighted by atomic mass is 79.9. The van der Waals surface area contributed by atoms with Crippen molar-refractivity contribution in [1.29, 1.82) is 0 Å². The first-order valence-corrected chi connectivity index (χ1v) is 6.08. The SMILES string of the molecule is COC(=O)c1cc(Cl)ccc1NC(=O)C(C)Br. The fourth-order valence-corrected chi connectivity index (χ4v) is 1.42. The van der Waals surface area contributed by atoms with Crippen molar-refractivity contribution in [3.63, 3.8) is 0 Å². The van der Waals surface area contributed by atoms with Gasteiger partial charge in [0.1, 0.15) is 0 Å². The molecule has 6 heteroatoms. The van der Waals surface area contributed by atoms with Crippen molar-refractivity contribution >= 4 is 45.1 Å². The van der Waals surface area contributed by atoms with E-state index < -0.39 is 5.97 Å². The molecule has 1 aromatic carbocycles. The van der Waals surface area contributed by atoms with Gasteiger partial charge in [0, 0.05) is 5.02 Å². The molecule has 0 aliphatic heterocycles. The van der Waals surface area contributed by atoms with Crippen molar-refractivity contribution in [2.75, 3.05) is 12.4 Å². The maximum absolute atomic E-state index is 11.5. The number of hydrogen-bond donors (Lipinski definition) is 1. The van der Waals surface area contributed by atoms with Crippen LogP contribution < -0.4 is 5.32 Å². The van der Waals surface area contributed by atoms with E-state index in [0.717, 1.165) is 0 Å². The number of benzene rings is 1. The van der Waals surface area contributed by atoms with E-state index in [4.69, 9.17) is 11.6 Å². The number of carbonyl (C=O) groups excluding carboxylic acids is 2. The number of esters is 1. The topological polar surface area (TPSA) is 55.4 Å². The van der Waals surface area contributed by atoms with E-state index in [0.29, 0.717) is 10.7 Å². The number of ether oxygens (including phenoxy) is 1. The van der Waals surface area contributed by atoms with Gasteiger partial charge in [-0.05, 0) is 25.1 Å². The van der Waals surface area contributed by atoms with E-state index in [1.54, 1.807) is 19.1 Å². The highest BCUT2D eigenvalue weighted by molar-refractivity contribution is 9.10. The second-order valence-corrected chi connectivity index (χ2v) is 5.10. The first-order valence-electron chi connectivity index (χ1n) is 4.78. The molecule has 0 aliphatic rings. The third kappa shape index (κ3) is 3.71. The van der Waals surface area contributed by atoms with Crippen LogP contribution in [0, 0.1) is 0 Å². The van der Waals surface area contributed by atoms with Gasteiger partial charge in [0.2, 0.25) is 5.91 Å². The number of anilines is 1. The van der Waals surface area contributed by atoms with E-state index in [1.165, 1.54) is 13.2 Å². The first-order chi connectivity index (χ1) is 7.95. The van der Waals surface area contributed by atoms with Crippen LogP contribution in [0.3, 0.4) is 0 Å². The molecular formula is C11H11BrClNO3. The van der Waals surface area contributed by atoms with E-state index in [1.807, 2.05) is 0 Å². The summed E-state index contributed by atoms with van der Waals surface area (Å²) in [4.78, 5) is 22.7. The van der Waals surface area contributed by atoms with Crippen molar-refractivity contribution in [2.24, 2.45) is 0 Å². The molecule has 1 atom stereocenters. The van der Waals surface area contributed by atoms with Crippen molar-refractivity contribution in [2.45, 2.75) is 11.8 Å². The summed E-state index contributed by atoms with van der Waals surface area (Å²) in [5.41, 5.74) is 0.596. The van der Waals surface area contributed by atoms with Crippen LogP contribution in [0.5, 0.6) is 0 Å². The highest BCUT2D eigenvalue weighted by Gasteiger charge is 2.16. The van der Waals surface area contributed by atoms with Crippen LogP contribution in [0.15, 0.2) is 18.2 Å². The van der Waals surface area contributed by atoms with Gasteiger partial charge in [-0.1, -0.05) is 27.5 Å². The van der Waals surface area contributed by atoms with Crippen molar-refractivity contribution < 1.29 is 14.3 Å². The van der Waals surface area contributed by atoms with Gasteiger partial charge < -0.3 is 10.1 Å². The third-order valence-corrected chi connectivity index (χ3v) is 2.66. The van der Waals surface area contributed by atoms with Crippen LogP contribution in [0.2, 0.25) is 5.02 Å². The number of alkyl halides is 1. The van der Waals surface area contributed by atoms with Gasteiger partial charge in [0.05, 0.1) is 23.2 Å². The first kappa shape index (κ1) is 14.0. The zero-order valence-electron chi connectivity index (χ0n) is 9.29. The van der Waals surface area contributed by atoms with Crippen molar-refractivity contribution in [1.82, 2.24) is 0 Å². The second kappa shape index (κ2) is 6.02. The Hall–Kier alpha value is -1.07. The average Bonchev–Trinajstić information content (AvgIpc) is 2.30. The Kier molecular flexibility index (Phi) is 4.96. The van der Waals surface area contributed by atoms with Crippen LogP contribution in [-0.4, -0.2) is 23.8 Å². The second-order valence-electron chi connectivity index (χ2n) is 3.29. The Morgan fingerprint density at radius 3 is 2.65 bits per heavy atom. The van der Waals surface area contributed by atoms with Crippen molar-refractivity contribution in [3.05, 3.63) is 28.8 Å². The van der Waals surface area contributed by atoms with Crippen molar-refractivity contribution in [3.8, 4) is 0 Å². The molecule has 0 aromatic heterocycles. The Morgan fingerprint density at radius 1 is 1.47 bits per heavy atom. The number of rotatable bonds is 3. The quantitative estimate of drug-likeness (QED) is 0.688. The zero-order valence-corrected chi connectivity index (χ0v) is 11.6. The van der Waals surface area contributed by atoms with Gasteiger partial charge in [-0.25, -0.2) is 4.79 Å². The van der Waals surface area contributed by atoms with Crippen LogP contribution in [0.1, 0.15) is 17.3 Å². The van der Waals surface area contributed by atoms with Gasteiger partial charge in [-0.3, -0.25) is 4.79 Å². The minimum atomic E-state index is -0.551. The largest absolute Gasteiger partial charge is 0.465 e. The normalized spacial score (nSPS) is 11.8. The summed E-state index contributed by atoms with van der Waals surface area (Å²) in [5, 5.41) is 3.01. The smallest absolute Gasteiger partial charge is 0.340 e. The van der Waals surface area contributed by atoms with Crippen LogP contribution in [0.4, 0.5) is 5.69 Å². The number of carbonyl (C=O) groups is 2. The number of amides is 1. The monoisotopic (exact) mass is 319 g/mol. The molecule has 17 heavy (non-hydrogen) atoms. The number of hydrogen-bond acceptors (Lipinski definition) is 3. The molecule has 1 aromatic rings. The molecule has 92 valence electrons. The van der Waals surface area contributed by atoms with E-state index in [-0.39, 0.29) is 16.3 Å². The molecule has 4 nitrogen and oxygen atoms in total. The van der Waals surface area contributed by atoms with Gasteiger partial charge >= 0.3 is 5.97 Å². The molecule has 0 radical (unpaired) electrons. The summed E-state index contributed by atoms with van der Waals surface area (Å²) in [6.45, 7) is 1.68. The maximum Gasteiger partial charge on any atom is 0.340 e. The standard InChI is InChI=1S/C11H11BrClNO3/c1-6(12)10(15)14-9-4-3-7(13)5-8(9)11(16)17-2/h3-6H,1-2H3,(H,14,15). The molecule has 1 rings (SSSR count). The van der Waals surface area contributed by atoms with Gasteiger partial charge in [0.15, 0.2) is 0 Å². The predicted molar refractivity (Wildman–Crippen MR) is 69.8 cm³/mol. The molecule has 1 unspecified atom stereocenters. The average molecular weight is 321 g/mol. The summed E-state index contributed by atoms with van der Waals surface area (Å²) >= 11 is 8.92. The summed E-state index contributed by atoms with van der Waals surface area (Å²) in [5.74, 6) is -0.803. The lowest BCUT2D eigenvalue weighted by atomic mass is 10.1. The molecular weight excluding hydrogens is 309 g/mol. The molecule has 0 bridgehead atoms. The summed E-state index contributed by atoms with van der Waals surface area (Å²) in [7, 11) is 1.27. The summed E-state index contributed by atoms with van der Waals surface area (Å²) in [6, 6.07) is 4.59. The van der Waals surface area contributed by atoms with Gasteiger partial charge in [-0.2, -0.15) is 0 Å². The maximum atomic E-state index is 11.5. The fourth-order valence-electron chi connectivity index (χ4n) is 1.14. The lowest BCUT2D eigenvalue weighted by molar-refractivity contribution is -0.115. The zero-order chi connectivity index (χ0) is 13.0. The Bertz CT molecular complexity index is 448. The Labute approximate surface area is 112 Å². The molecule has 0 aliphatic carbocycles. The Balaban J connectivity index is 3.06. The Morgan fingerprint density at radius 2 is 2.12 bits per heavy atom. The molecule has 0 fully saturated rings. The third-order valence-electron chi connectivity index (χ3n) is 2.01. The van der Waals surface area contributed by atoms with E-state index in [2.05, 4.69) is 26.0 Å². The van der Waals surface area contributed by atoms with E-state index >= 15 is 0 Å². The minimum Gasteiger partial charge on any atom is -0.465 e. The molecule has 0 saturated heterocycles. The molecule has 0 saturated carbocycles. The lowest BCUT2D eigenvalue weighted by Crippen LogP contribution is -2.21. The molecule has 1 amide bonds. The number of halogens is 2. The highest BCUT2D eigenvalue weighted by Crippen LogP contribution is 2.22. The molecule has 1 N–H and O–H groups in total. The predicted octanol–water partition coefficient (Wildman–Crippen LogP) is 2.85. The van der Waals surface area contributed by atoms with Crippen LogP contribution in [-0.2, 0) is 9.53 Å². The van der Waals surface area contributed by atoms with Crippen LogP contribution in [0.25, 0.3) is 0 Å². The molecule has 0 spiro atoms. The van der Waals surface area contributed by atoms with Crippen LogP contribution >= 0.6 is 27.5 Å². The molecule has 0 heterocycles. The minimum absolute atomic E-state index is 0.224. The lowest BCUT2D eigenvalue weighted by Gasteiger charge is -2.11. The summed E-state index contributed by atoms with van der Waals surface area (Å²) in [6.07, 6.45) is 0. The summed E-state index contributed by atoms with van der Waals surface area (Å²) < 4.78 is 4.61. The number of methoxy groups -OCH3 is 1. The van der Waals surface area contributed by atoms with E-state index in [9.17, 15) is 9.59 Å².